The Kier molecular flexibility index (Phi) is 5.38. The molecule has 0 aromatic heterocycles. The molecule has 19 heavy (non-hydrogen) atoms. The third-order valence-electron chi connectivity index (χ3n) is 2.24. The molecule has 0 aliphatic rings. The molecule has 6 nitrogen and oxygen atoms in total. The SMILES string of the molecule is CN(C)/C=N/C(=C(/N)C#N)N(N)Cc1ccccc1. The van der Waals surface area contributed by atoms with Crippen molar-refractivity contribution in [3.05, 3.63) is 47.4 Å². The van der Waals surface area contributed by atoms with Crippen molar-refractivity contribution >= 4 is 6.34 Å². The summed E-state index contributed by atoms with van der Waals surface area (Å²) < 4.78 is 0. The zero-order valence-electron chi connectivity index (χ0n) is 11.1. The van der Waals surface area contributed by atoms with E-state index in [1.165, 1.54) is 5.01 Å². The summed E-state index contributed by atoms with van der Waals surface area (Å²) in [7, 11) is 3.64. The Labute approximate surface area is 113 Å². The molecule has 6 heteroatoms. The molecule has 1 aromatic rings. The number of hydrogen-bond donors (Lipinski definition) is 2. The van der Waals surface area contributed by atoms with Crippen LogP contribution < -0.4 is 11.6 Å². The van der Waals surface area contributed by atoms with E-state index in [4.69, 9.17) is 16.8 Å². The van der Waals surface area contributed by atoms with Gasteiger partial charge >= 0.3 is 0 Å². The van der Waals surface area contributed by atoms with E-state index < -0.39 is 0 Å². The van der Waals surface area contributed by atoms with Crippen LogP contribution >= 0.6 is 0 Å². The van der Waals surface area contributed by atoms with Gasteiger partial charge < -0.3 is 10.6 Å². The van der Waals surface area contributed by atoms with Gasteiger partial charge in [0.1, 0.15) is 6.07 Å². The maximum absolute atomic E-state index is 8.88. The van der Waals surface area contributed by atoms with Gasteiger partial charge in [-0.25, -0.2) is 10.8 Å². The third-order valence-corrected chi connectivity index (χ3v) is 2.24. The molecule has 0 aliphatic carbocycles. The highest BCUT2D eigenvalue weighted by Gasteiger charge is 2.09. The van der Waals surface area contributed by atoms with Crippen LogP contribution in [0.1, 0.15) is 5.56 Å². The molecule has 0 heterocycles. The van der Waals surface area contributed by atoms with Crippen molar-refractivity contribution in [2.24, 2.45) is 16.6 Å². The maximum atomic E-state index is 8.88. The second-order valence-corrected chi connectivity index (χ2v) is 4.17. The van der Waals surface area contributed by atoms with Crippen LogP contribution in [0.25, 0.3) is 0 Å². The number of rotatable bonds is 5. The summed E-state index contributed by atoms with van der Waals surface area (Å²) in [4.78, 5) is 5.86. The van der Waals surface area contributed by atoms with Gasteiger partial charge in [-0.3, -0.25) is 5.01 Å². The van der Waals surface area contributed by atoms with Crippen molar-refractivity contribution in [2.45, 2.75) is 6.54 Å². The molecule has 0 radical (unpaired) electrons. The number of nitrogens with two attached hydrogens (primary N) is 2. The molecule has 100 valence electrons. The van der Waals surface area contributed by atoms with Gasteiger partial charge in [0.15, 0.2) is 11.5 Å². The minimum absolute atomic E-state index is 0.0171. The minimum atomic E-state index is -0.0171. The first-order valence-electron chi connectivity index (χ1n) is 5.71. The van der Waals surface area contributed by atoms with E-state index >= 15 is 0 Å². The highest BCUT2D eigenvalue weighted by Crippen LogP contribution is 2.09. The molecule has 0 fully saturated rings. The molecule has 0 aliphatic heterocycles. The molecule has 0 unspecified atom stereocenters. The van der Waals surface area contributed by atoms with Crippen LogP contribution in [0, 0.1) is 11.3 Å². The molecule has 0 amide bonds. The van der Waals surface area contributed by atoms with Gasteiger partial charge in [0.25, 0.3) is 0 Å². The summed E-state index contributed by atoms with van der Waals surface area (Å²) in [6.07, 6.45) is 1.55. The average molecular weight is 258 g/mol. The monoisotopic (exact) mass is 258 g/mol. The number of aliphatic imine (C=N–C) groups is 1. The van der Waals surface area contributed by atoms with Crippen LogP contribution in [0.3, 0.4) is 0 Å². The van der Waals surface area contributed by atoms with Gasteiger partial charge in [-0.15, -0.1) is 0 Å². The minimum Gasteiger partial charge on any atom is -0.387 e. The first-order valence-corrected chi connectivity index (χ1v) is 5.71. The Morgan fingerprint density at radius 3 is 2.53 bits per heavy atom. The molecule has 1 aromatic carbocycles. The van der Waals surface area contributed by atoms with Gasteiger partial charge in [0, 0.05) is 14.1 Å². The lowest BCUT2D eigenvalue weighted by Gasteiger charge is -2.19. The van der Waals surface area contributed by atoms with Gasteiger partial charge in [-0.1, -0.05) is 30.3 Å². The van der Waals surface area contributed by atoms with E-state index in [1.54, 1.807) is 11.2 Å². The van der Waals surface area contributed by atoms with E-state index in [1.807, 2.05) is 50.5 Å². The number of hydrazine groups is 1. The summed E-state index contributed by atoms with van der Waals surface area (Å²) in [5.74, 6) is 6.17. The lowest BCUT2D eigenvalue weighted by molar-refractivity contribution is 0.344. The molecular weight excluding hydrogens is 240 g/mol. The summed E-state index contributed by atoms with van der Waals surface area (Å²) >= 11 is 0. The fraction of sp³-hybridized carbons (Fsp3) is 0.231. The average Bonchev–Trinajstić information content (AvgIpc) is 2.39. The number of allylic oxidation sites excluding steroid dienone is 1. The zero-order chi connectivity index (χ0) is 14.3. The molecule has 0 saturated carbocycles. The van der Waals surface area contributed by atoms with Crippen LogP contribution in [0.5, 0.6) is 0 Å². The van der Waals surface area contributed by atoms with Crippen molar-refractivity contribution < 1.29 is 0 Å². The normalized spacial score (nSPS) is 11.9. The smallest absolute Gasteiger partial charge is 0.178 e. The van der Waals surface area contributed by atoms with Crippen LogP contribution in [0.4, 0.5) is 0 Å². The topological polar surface area (TPSA) is 94.7 Å². The predicted molar refractivity (Wildman–Crippen MR) is 75.2 cm³/mol. The van der Waals surface area contributed by atoms with E-state index in [2.05, 4.69) is 4.99 Å². The Morgan fingerprint density at radius 2 is 2.00 bits per heavy atom. The maximum Gasteiger partial charge on any atom is 0.178 e. The van der Waals surface area contributed by atoms with E-state index in [9.17, 15) is 0 Å². The Bertz CT molecular complexity index is 498. The fourth-order valence-corrected chi connectivity index (χ4v) is 1.37. The Hall–Kier alpha value is -2.52. The number of hydrogen-bond acceptors (Lipinski definition) is 5. The van der Waals surface area contributed by atoms with Gasteiger partial charge in [0.05, 0.1) is 12.9 Å². The second-order valence-electron chi connectivity index (χ2n) is 4.17. The van der Waals surface area contributed by atoms with Crippen molar-refractivity contribution in [3.8, 4) is 6.07 Å². The molecule has 0 saturated heterocycles. The molecule has 0 spiro atoms. The Morgan fingerprint density at radius 1 is 1.37 bits per heavy atom. The van der Waals surface area contributed by atoms with Crippen molar-refractivity contribution in [3.63, 3.8) is 0 Å². The molecule has 0 atom stereocenters. The summed E-state index contributed by atoms with van der Waals surface area (Å²) in [6, 6.07) is 11.5. The van der Waals surface area contributed by atoms with Crippen LogP contribution in [0.2, 0.25) is 0 Å². The van der Waals surface area contributed by atoms with Crippen molar-refractivity contribution in [1.82, 2.24) is 9.91 Å². The second kappa shape index (κ2) is 7.03. The summed E-state index contributed by atoms with van der Waals surface area (Å²) in [6.45, 7) is 0.420. The van der Waals surface area contributed by atoms with Gasteiger partial charge in [-0.2, -0.15) is 5.26 Å². The first kappa shape index (κ1) is 14.5. The number of nitrogens with zero attached hydrogens (tertiary/aromatic N) is 4. The summed E-state index contributed by atoms with van der Waals surface area (Å²) in [5, 5.41) is 10.2. The molecule has 4 N–H and O–H groups in total. The van der Waals surface area contributed by atoms with Crippen LogP contribution in [0.15, 0.2) is 46.8 Å². The third kappa shape index (κ3) is 4.69. The number of nitriles is 1. The predicted octanol–water partition coefficient (Wildman–Crippen LogP) is 0.604. The lowest BCUT2D eigenvalue weighted by atomic mass is 10.2. The first-order chi connectivity index (χ1) is 9.04. The quantitative estimate of drug-likeness (QED) is 0.265. The lowest BCUT2D eigenvalue weighted by Crippen LogP contribution is -2.31. The standard InChI is InChI=1S/C13H18N6/c1-18(2)10-17-13(12(15)8-14)19(16)9-11-6-4-3-5-7-11/h3-7,10H,9,15-16H2,1-2H3/b13-12-,17-10+. The van der Waals surface area contributed by atoms with E-state index in [0.717, 1.165) is 5.56 Å². The molecule has 0 bridgehead atoms. The van der Waals surface area contributed by atoms with Crippen molar-refractivity contribution in [2.75, 3.05) is 14.1 Å². The number of benzene rings is 1. The van der Waals surface area contributed by atoms with E-state index in [-0.39, 0.29) is 11.5 Å². The fourth-order valence-electron chi connectivity index (χ4n) is 1.37. The van der Waals surface area contributed by atoms with E-state index in [0.29, 0.717) is 6.54 Å². The van der Waals surface area contributed by atoms with Crippen LogP contribution in [-0.4, -0.2) is 30.3 Å². The molecular formula is C13H18N6. The zero-order valence-corrected chi connectivity index (χ0v) is 11.1. The molecule has 1 rings (SSSR count). The highest BCUT2D eigenvalue weighted by atomic mass is 15.4. The van der Waals surface area contributed by atoms with Gasteiger partial charge in [-0.05, 0) is 5.56 Å². The van der Waals surface area contributed by atoms with Crippen LogP contribution in [-0.2, 0) is 6.54 Å². The largest absolute Gasteiger partial charge is 0.387 e. The Balaban J connectivity index is 2.91. The van der Waals surface area contributed by atoms with Gasteiger partial charge in [0.2, 0.25) is 0 Å². The highest BCUT2D eigenvalue weighted by molar-refractivity contribution is 5.56. The summed E-state index contributed by atoms with van der Waals surface area (Å²) in [5.41, 5.74) is 6.61. The van der Waals surface area contributed by atoms with Crippen molar-refractivity contribution in [1.29, 1.82) is 5.26 Å².